The monoisotopic (exact) mass is 276 g/mol. The van der Waals surface area contributed by atoms with Gasteiger partial charge in [0.05, 0.1) is 6.10 Å². The van der Waals surface area contributed by atoms with E-state index in [0.29, 0.717) is 5.33 Å². The Morgan fingerprint density at radius 1 is 0.875 bits per heavy atom. The van der Waals surface area contributed by atoms with Crippen molar-refractivity contribution in [1.82, 2.24) is 0 Å². The lowest BCUT2D eigenvalue weighted by Gasteiger charge is -2.08. The summed E-state index contributed by atoms with van der Waals surface area (Å²) in [6.07, 6.45) is -0.426. The zero-order valence-corrected chi connectivity index (χ0v) is 10.4. The molecule has 0 amide bonds. The average Bonchev–Trinajstić information content (AvgIpc) is 2.39. The van der Waals surface area contributed by atoms with Crippen molar-refractivity contribution in [1.29, 1.82) is 0 Å². The Kier molecular flexibility index (Phi) is 3.75. The number of benzene rings is 2. The fraction of sp³-hybridized carbons (Fsp3) is 0.143. The molecule has 0 saturated heterocycles. The van der Waals surface area contributed by atoms with Crippen molar-refractivity contribution in [3.8, 4) is 11.1 Å². The molecule has 1 unspecified atom stereocenters. The second-order valence-electron chi connectivity index (χ2n) is 3.66. The normalized spacial score (nSPS) is 12.4. The van der Waals surface area contributed by atoms with Gasteiger partial charge in [-0.05, 0) is 16.7 Å². The molecule has 0 aliphatic carbocycles. The second-order valence-corrected chi connectivity index (χ2v) is 4.31. The summed E-state index contributed by atoms with van der Waals surface area (Å²) in [7, 11) is 0. The van der Waals surface area contributed by atoms with Crippen LogP contribution in [0.5, 0.6) is 0 Å². The minimum atomic E-state index is -0.426. The zero-order chi connectivity index (χ0) is 11.4. The molecule has 1 N–H and O–H groups in total. The number of aliphatic hydroxyl groups is 1. The van der Waals surface area contributed by atoms with Crippen LogP contribution in [0, 0.1) is 0 Å². The molecular weight excluding hydrogens is 264 g/mol. The predicted octanol–water partition coefficient (Wildman–Crippen LogP) is 3.78. The zero-order valence-electron chi connectivity index (χ0n) is 8.81. The highest BCUT2D eigenvalue weighted by atomic mass is 79.9. The van der Waals surface area contributed by atoms with Gasteiger partial charge in [0.1, 0.15) is 0 Å². The minimum absolute atomic E-state index is 0.426. The van der Waals surface area contributed by atoms with Crippen LogP contribution in [0.3, 0.4) is 0 Å². The maximum atomic E-state index is 9.64. The van der Waals surface area contributed by atoms with Crippen LogP contribution in [0.15, 0.2) is 54.6 Å². The van der Waals surface area contributed by atoms with Gasteiger partial charge in [-0.1, -0.05) is 70.5 Å². The van der Waals surface area contributed by atoms with Crippen LogP contribution in [0.2, 0.25) is 0 Å². The van der Waals surface area contributed by atoms with Gasteiger partial charge < -0.3 is 5.11 Å². The fourth-order valence-electron chi connectivity index (χ4n) is 1.62. The van der Waals surface area contributed by atoms with Gasteiger partial charge in [0, 0.05) is 5.33 Å². The SMILES string of the molecule is OC(CBr)c1ccc(-c2ccccc2)cc1. The number of alkyl halides is 1. The van der Waals surface area contributed by atoms with Crippen molar-refractivity contribution < 1.29 is 5.11 Å². The van der Waals surface area contributed by atoms with E-state index >= 15 is 0 Å². The maximum absolute atomic E-state index is 9.64. The van der Waals surface area contributed by atoms with Gasteiger partial charge in [-0.2, -0.15) is 0 Å². The first-order valence-electron chi connectivity index (χ1n) is 5.20. The molecule has 16 heavy (non-hydrogen) atoms. The first-order chi connectivity index (χ1) is 7.81. The van der Waals surface area contributed by atoms with E-state index in [1.54, 1.807) is 0 Å². The lowest BCUT2D eigenvalue weighted by molar-refractivity contribution is 0.205. The maximum Gasteiger partial charge on any atom is 0.0886 e. The van der Waals surface area contributed by atoms with Crippen LogP contribution in [0.4, 0.5) is 0 Å². The molecule has 2 aromatic carbocycles. The molecule has 0 aliphatic rings. The molecule has 0 fully saturated rings. The summed E-state index contributed by atoms with van der Waals surface area (Å²) < 4.78 is 0. The van der Waals surface area contributed by atoms with Crippen molar-refractivity contribution in [2.45, 2.75) is 6.10 Å². The first kappa shape index (κ1) is 11.4. The van der Waals surface area contributed by atoms with Crippen molar-refractivity contribution in [2.24, 2.45) is 0 Å². The highest BCUT2D eigenvalue weighted by Gasteiger charge is 2.05. The first-order valence-corrected chi connectivity index (χ1v) is 6.33. The van der Waals surface area contributed by atoms with E-state index in [1.165, 1.54) is 11.1 Å². The molecule has 0 aliphatic heterocycles. The van der Waals surface area contributed by atoms with Crippen LogP contribution in [0.25, 0.3) is 11.1 Å². The molecule has 1 atom stereocenters. The Labute approximate surface area is 104 Å². The highest BCUT2D eigenvalue weighted by molar-refractivity contribution is 9.09. The number of hydrogen-bond acceptors (Lipinski definition) is 1. The van der Waals surface area contributed by atoms with Crippen LogP contribution in [-0.4, -0.2) is 10.4 Å². The predicted molar refractivity (Wildman–Crippen MR) is 70.6 cm³/mol. The third kappa shape index (κ3) is 2.52. The largest absolute Gasteiger partial charge is 0.388 e. The molecule has 2 heteroatoms. The smallest absolute Gasteiger partial charge is 0.0886 e. The van der Waals surface area contributed by atoms with Gasteiger partial charge >= 0.3 is 0 Å². The Balaban J connectivity index is 2.26. The van der Waals surface area contributed by atoms with Crippen LogP contribution >= 0.6 is 15.9 Å². The van der Waals surface area contributed by atoms with E-state index in [2.05, 4.69) is 28.1 Å². The summed E-state index contributed by atoms with van der Waals surface area (Å²) in [6, 6.07) is 18.2. The number of aliphatic hydroxyl groups excluding tert-OH is 1. The van der Waals surface area contributed by atoms with Gasteiger partial charge in [0.2, 0.25) is 0 Å². The van der Waals surface area contributed by atoms with Crippen LogP contribution in [0.1, 0.15) is 11.7 Å². The fourth-order valence-corrected chi connectivity index (χ4v) is 1.99. The van der Waals surface area contributed by atoms with E-state index < -0.39 is 6.10 Å². The Bertz CT molecular complexity index is 436. The molecular formula is C14H13BrO. The molecule has 2 rings (SSSR count). The number of rotatable bonds is 3. The second kappa shape index (κ2) is 5.28. The van der Waals surface area contributed by atoms with Gasteiger partial charge in [0.25, 0.3) is 0 Å². The van der Waals surface area contributed by atoms with E-state index in [9.17, 15) is 5.11 Å². The summed E-state index contributed by atoms with van der Waals surface area (Å²) in [4.78, 5) is 0. The van der Waals surface area contributed by atoms with Crippen LogP contribution < -0.4 is 0 Å². The third-order valence-corrected chi connectivity index (χ3v) is 3.16. The molecule has 0 spiro atoms. The van der Waals surface area contributed by atoms with Gasteiger partial charge in [-0.15, -0.1) is 0 Å². The molecule has 0 aromatic heterocycles. The van der Waals surface area contributed by atoms with E-state index in [-0.39, 0.29) is 0 Å². The van der Waals surface area contributed by atoms with Gasteiger partial charge in [-0.25, -0.2) is 0 Å². The topological polar surface area (TPSA) is 20.2 Å². The van der Waals surface area contributed by atoms with Gasteiger partial charge in [0.15, 0.2) is 0 Å². The molecule has 0 heterocycles. The summed E-state index contributed by atoms with van der Waals surface area (Å²) in [5.74, 6) is 0. The van der Waals surface area contributed by atoms with E-state index in [0.717, 1.165) is 5.56 Å². The number of halogens is 1. The lowest BCUT2D eigenvalue weighted by Crippen LogP contribution is -1.97. The van der Waals surface area contributed by atoms with E-state index in [1.807, 2.05) is 42.5 Å². The molecule has 1 nitrogen and oxygen atoms in total. The molecule has 2 aromatic rings. The Morgan fingerprint density at radius 3 is 2.00 bits per heavy atom. The van der Waals surface area contributed by atoms with Crippen molar-refractivity contribution >= 4 is 15.9 Å². The van der Waals surface area contributed by atoms with Crippen LogP contribution in [-0.2, 0) is 0 Å². The molecule has 0 bridgehead atoms. The standard InChI is InChI=1S/C14H13BrO/c15-10-14(16)13-8-6-12(7-9-13)11-4-2-1-3-5-11/h1-9,14,16H,10H2. The molecule has 82 valence electrons. The highest BCUT2D eigenvalue weighted by Crippen LogP contribution is 2.22. The minimum Gasteiger partial charge on any atom is -0.388 e. The molecule has 0 radical (unpaired) electrons. The average molecular weight is 277 g/mol. The third-order valence-electron chi connectivity index (χ3n) is 2.55. The van der Waals surface area contributed by atoms with E-state index in [4.69, 9.17) is 0 Å². The van der Waals surface area contributed by atoms with Crippen molar-refractivity contribution in [3.63, 3.8) is 0 Å². The number of hydrogen-bond donors (Lipinski definition) is 1. The summed E-state index contributed by atoms with van der Waals surface area (Å²) in [6.45, 7) is 0. The summed E-state index contributed by atoms with van der Waals surface area (Å²) in [5.41, 5.74) is 3.31. The van der Waals surface area contributed by atoms with Crippen molar-refractivity contribution in [2.75, 3.05) is 5.33 Å². The van der Waals surface area contributed by atoms with Gasteiger partial charge in [-0.3, -0.25) is 0 Å². The van der Waals surface area contributed by atoms with Crippen molar-refractivity contribution in [3.05, 3.63) is 60.2 Å². The summed E-state index contributed by atoms with van der Waals surface area (Å²) >= 11 is 3.26. The molecule has 0 saturated carbocycles. The quantitative estimate of drug-likeness (QED) is 0.846. The Hall–Kier alpha value is -1.12. The summed E-state index contributed by atoms with van der Waals surface area (Å²) in [5, 5.41) is 10.2. The lowest BCUT2D eigenvalue weighted by atomic mass is 10.0. The Morgan fingerprint density at radius 2 is 1.44 bits per heavy atom.